The van der Waals surface area contributed by atoms with Gasteiger partial charge >= 0.3 is 0 Å². The predicted molar refractivity (Wildman–Crippen MR) is 109 cm³/mol. The summed E-state index contributed by atoms with van der Waals surface area (Å²) in [5.41, 5.74) is 3.11. The first kappa shape index (κ1) is 18.3. The number of pyridine rings is 1. The second-order valence-electron chi connectivity index (χ2n) is 7.42. The molecule has 1 aliphatic rings. The van der Waals surface area contributed by atoms with E-state index in [0.717, 1.165) is 28.1 Å². The number of ether oxygens (including phenoxy) is 2. The third-order valence-electron chi connectivity index (χ3n) is 4.67. The van der Waals surface area contributed by atoms with Crippen LogP contribution in [0.1, 0.15) is 42.3 Å². The van der Waals surface area contributed by atoms with Gasteiger partial charge in [0, 0.05) is 11.8 Å². The average Bonchev–Trinajstić information content (AvgIpc) is 2.72. The standard InChI is InChI=1S/C24H23NO3/c1-24(2)12-11-17-14-19(9-10-22(17)28-24)23(26)18-6-5-8-21(15-18)27-16-20-7-3-4-13-25-20/h3-15,23,26H,16H2,1-2H3. The summed E-state index contributed by atoms with van der Waals surface area (Å²) in [4.78, 5) is 4.26. The number of hydrogen-bond acceptors (Lipinski definition) is 4. The van der Waals surface area contributed by atoms with Crippen molar-refractivity contribution in [2.24, 2.45) is 0 Å². The minimum absolute atomic E-state index is 0.313. The van der Waals surface area contributed by atoms with Crippen molar-refractivity contribution in [2.75, 3.05) is 0 Å². The minimum atomic E-state index is -0.743. The van der Waals surface area contributed by atoms with Crippen molar-refractivity contribution in [3.63, 3.8) is 0 Å². The SMILES string of the molecule is CC1(C)C=Cc2cc(C(O)c3cccc(OCc4ccccn4)c3)ccc2O1. The van der Waals surface area contributed by atoms with E-state index < -0.39 is 6.10 Å². The summed E-state index contributed by atoms with van der Waals surface area (Å²) in [5.74, 6) is 1.53. The molecule has 4 rings (SSSR count). The molecule has 4 heteroatoms. The molecule has 4 nitrogen and oxygen atoms in total. The maximum Gasteiger partial charge on any atom is 0.130 e. The Bertz CT molecular complexity index is 996. The fourth-order valence-corrected chi connectivity index (χ4v) is 3.18. The van der Waals surface area contributed by atoms with Crippen molar-refractivity contribution in [2.45, 2.75) is 32.2 Å². The van der Waals surface area contributed by atoms with E-state index in [2.05, 4.69) is 4.98 Å². The molecule has 3 aromatic rings. The number of nitrogens with zero attached hydrogens (tertiary/aromatic N) is 1. The Morgan fingerprint density at radius 3 is 2.71 bits per heavy atom. The summed E-state index contributed by atoms with van der Waals surface area (Å²) in [7, 11) is 0. The third kappa shape index (κ3) is 4.07. The largest absolute Gasteiger partial charge is 0.487 e. The fourth-order valence-electron chi connectivity index (χ4n) is 3.18. The molecule has 0 saturated carbocycles. The molecule has 0 spiro atoms. The zero-order chi connectivity index (χ0) is 19.6. The van der Waals surface area contributed by atoms with E-state index >= 15 is 0 Å². The number of aliphatic hydroxyl groups excluding tert-OH is 1. The van der Waals surface area contributed by atoms with Crippen molar-refractivity contribution in [1.82, 2.24) is 4.98 Å². The number of benzene rings is 2. The van der Waals surface area contributed by atoms with Gasteiger partial charge in [0.25, 0.3) is 0 Å². The highest BCUT2D eigenvalue weighted by molar-refractivity contribution is 5.62. The Kier molecular flexibility index (Phi) is 4.88. The van der Waals surface area contributed by atoms with Crippen molar-refractivity contribution < 1.29 is 14.6 Å². The van der Waals surface area contributed by atoms with Crippen molar-refractivity contribution in [1.29, 1.82) is 0 Å². The summed E-state index contributed by atoms with van der Waals surface area (Å²) in [6.45, 7) is 4.43. The van der Waals surface area contributed by atoms with Crippen LogP contribution in [0.25, 0.3) is 6.08 Å². The molecule has 1 unspecified atom stereocenters. The fraction of sp³-hybridized carbons (Fsp3) is 0.208. The zero-order valence-corrected chi connectivity index (χ0v) is 16.0. The lowest BCUT2D eigenvalue weighted by Gasteiger charge is -2.28. The molecule has 1 N–H and O–H groups in total. The van der Waals surface area contributed by atoms with E-state index in [4.69, 9.17) is 9.47 Å². The first-order valence-corrected chi connectivity index (χ1v) is 9.33. The van der Waals surface area contributed by atoms with E-state index in [1.165, 1.54) is 0 Å². The van der Waals surface area contributed by atoms with Crippen LogP contribution in [-0.4, -0.2) is 15.7 Å². The van der Waals surface area contributed by atoms with Crippen LogP contribution >= 0.6 is 0 Å². The third-order valence-corrected chi connectivity index (χ3v) is 4.67. The topological polar surface area (TPSA) is 51.6 Å². The van der Waals surface area contributed by atoms with E-state index in [1.54, 1.807) is 6.20 Å². The summed E-state index contributed by atoms with van der Waals surface area (Å²) in [6.07, 6.45) is 5.07. The Morgan fingerprint density at radius 1 is 1.04 bits per heavy atom. The van der Waals surface area contributed by atoms with Gasteiger partial charge in [0.1, 0.15) is 29.8 Å². The van der Waals surface area contributed by atoms with Crippen molar-refractivity contribution >= 4 is 6.08 Å². The van der Waals surface area contributed by atoms with E-state index in [9.17, 15) is 5.11 Å². The highest BCUT2D eigenvalue weighted by Gasteiger charge is 2.22. The van der Waals surface area contributed by atoms with Gasteiger partial charge in [-0.05, 0) is 67.4 Å². The van der Waals surface area contributed by atoms with Crippen LogP contribution in [0.5, 0.6) is 11.5 Å². The maximum absolute atomic E-state index is 10.9. The molecule has 28 heavy (non-hydrogen) atoms. The molecule has 0 amide bonds. The predicted octanol–water partition coefficient (Wildman–Crippen LogP) is 4.93. The highest BCUT2D eigenvalue weighted by Crippen LogP contribution is 2.34. The van der Waals surface area contributed by atoms with Crippen molar-refractivity contribution in [3.8, 4) is 11.5 Å². The van der Waals surface area contributed by atoms with Gasteiger partial charge in [-0.1, -0.05) is 30.3 Å². The van der Waals surface area contributed by atoms with Gasteiger partial charge in [-0.2, -0.15) is 0 Å². The molecule has 1 atom stereocenters. The smallest absolute Gasteiger partial charge is 0.130 e. The molecular formula is C24H23NO3. The first-order chi connectivity index (χ1) is 13.5. The lowest BCUT2D eigenvalue weighted by molar-refractivity contribution is 0.158. The summed E-state index contributed by atoms with van der Waals surface area (Å²) in [6, 6.07) is 19.0. The number of hydrogen-bond donors (Lipinski definition) is 1. The monoisotopic (exact) mass is 373 g/mol. The second-order valence-corrected chi connectivity index (χ2v) is 7.42. The summed E-state index contributed by atoms with van der Waals surface area (Å²) >= 11 is 0. The van der Waals surface area contributed by atoms with Crippen LogP contribution in [-0.2, 0) is 6.61 Å². The van der Waals surface area contributed by atoms with Crippen LogP contribution in [0.3, 0.4) is 0 Å². The number of aromatic nitrogens is 1. The Balaban J connectivity index is 1.51. The average molecular weight is 373 g/mol. The van der Waals surface area contributed by atoms with Crippen LogP contribution in [0, 0.1) is 0 Å². The van der Waals surface area contributed by atoms with E-state index in [0.29, 0.717) is 12.4 Å². The van der Waals surface area contributed by atoms with Crippen LogP contribution in [0.4, 0.5) is 0 Å². The second kappa shape index (κ2) is 7.49. The molecule has 1 aromatic heterocycles. The summed E-state index contributed by atoms with van der Waals surface area (Å²) in [5, 5.41) is 10.9. The van der Waals surface area contributed by atoms with Crippen LogP contribution < -0.4 is 9.47 Å². The molecule has 0 aliphatic carbocycles. The quantitative estimate of drug-likeness (QED) is 0.689. The molecule has 1 aliphatic heterocycles. The minimum Gasteiger partial charge on any atom is -0.487 e. The van der Waals surface area contributed by atoms with Gasteiger partial charge < -0.3 is 14.6 Å². The van der Waals surface area contributed by atoms with Gasteiger partial charge in [-0.15, -0.1) is 0 Å². The normalized spacial score (nSPS) is 15.4. The lowest BCUT2D eigenvalue weighted by atomic mass is 9.96. The lowest BCUT2D eigenvalue weighted by Crippen LogP contribution is -2.27. The number of rotatable bonds is 5. The molecule has 0 bridgehead atoms. The Labute approximate surface area is 165 Å². The van der Waals surface area contributed by atoms with Crippen LogP contribution in [0.2, 0.25) is 0 Å². The molecule has 0 saturated heterocycles. The van der Waals surface area contributed by atoms with Gasteiger partial charge in [-0.25, -0.2) is 0 Å². The molecule has 0 fully saturated rings. The Morgan fingerprint density at radius 2 is 1.89 bits per heavy atom. The van der Waals surface area contributed by atoms with Gasteiger partial charge in [0.05, 0.1) is 5.69 Å². The molecule has 2 aromatic carbocycles. The maximum atomic E-state index is 10.9. The zero-order valence-electron chi connectivity index (χ0n) is 16.0. The van der Waals surface area contributed by atoms with Crippen molar-refractivity contribution in [3.05, 3.63) is 95.3 Å². The molecule has 0 radical (unpaired) electrons. The summed E-state index contributed by atoms with van der Waals surface area (Å²) < 4.78 is 11.8. The van der Waals surface area contributed by atoms with Gasteiger partial charge in [0.2, 0.25) is 0 Å². The van der Waals surface area contributed by atoms with Gasteiger partial charge in [0.15, 0.2) is 0 Å². The number of fused-ring (bicyclic) bond motifs is 1. The van der Waals surface area contributed by atoms with E-state index in [1.807, 2.05) is 86.7 Å². The number of aliphatic hydroxyl groups is 1. The molecular weight excluding hydrogens is 350 g/mol. The first-order valence-electron chi connectivity index (χ1n) is 9.33. The molecule has 2 heterocycles. The molecule has 142 valence electrons. The van der Waals surface area contributed by atoms with Crippen LogP contribution in [0.15, 0.2) is 72.9 Å². The van der Waals surface area contributed by atoms with E-state index in [-0.39, 0.29) is 5.60 Å². The van der Waals surface area contributed by atoms with Gasteiger partial charge in [-0.3, -0.25) is 4.98 Å². The highest BCUT2D eigenvalue weighted by atomic mass is 16.5. The Hall–Kier alpha value is -3.11.